The molecule has 0 radical (unpaired) electrons. The molecule has 0 aliphatic heterocycles. The van der Waals surface area contributed by atoms with E-state index in [9.17, 15) is 0 Å². The standard InChI is InChI=1S/C10H13ClN2/c1-2-10(12)13-7-8-5-3-4-6-9(8)11/h3-6H,2,7H2,1H3,(H2,12,13). The van der Waals surface area contributed by atoms with Crippen LogP contribution in [0.25, 0.3) is 0 Å². The molecule has 2 N–H and O–H groups in total. The van der Waals surface area contributed by atoms with Crippen molar-refractivity contribution in [1.82, 2.24) is 0 Å². The molecule has 0 spiro atoms. The number of rotatable bonds is 3. The highest BCUT2D eigenvalue weighted by Gasteiger charge is 1.96. The molecule has 0 saturated heterocycles. The van der Waals surface area contributed by atoms with Gasteiger partial charge in [-0.15, -0.1) is 0 Å². The van der Waals surface area contributed by atoms with E-state index < -0.39 is 0 Å². The Morgan fingerprint density at radius 1 is 1.46 bits per heavy atom. The SMILES string of the molecule is CCC(N)=NCc1ccccc1Cl. The minimum atomic E-state index is 0.569. The van der Waals surface area contributed by atoms with E-state index in [1.807, 2.05) is 31.2 Å². The number of halogens is 1. The molecule has 1 rings (SSSR count). The molecule has 1 aromatic rings. The number of benzene rings is 1. The van der Waals surface area contributed by atoms with E-state index in [1.165, 1.54) is 0 Å². The van der Waals surface area contributed by atoms with Gasteiger partial charge in [0.2, 0.25) is 0 Å². The van der Waals surface area contributed by atoms with Crippen LogP contribution in [-0.4, -0.2) is 5.84 Å². The first-order chi connectivity index (χ1) is 6.24. The summed E-state index contributed by atoms with van der Waals surface area (Å²) < 4.78 is 0. The molecule has 0 amide bonds. The van der Waals surface area contributed by atoms with Crippen LogP contribution in [0.3, 0.4) is 0 Å². The third kappa shape index (κ3) is 3.07. The van der Waals surface area contributed by atoms with Gasteiger partial charge in [0.25, 0.3) is 0 Å². The van der Waals surface area contributed by atoms with Gasteiger partial charge in [-0.2, -0.15) is 0 Å². The average Bonchev–Trinajstić information content (AvgIpc) is 2.16. The van der Waals surface area contributed by atoms with Crippen LogP contribution in [0.1, 0.15) is 18.9 Å². The summed E-state index contributed by atoms with van der Waals surface area (Å²) in [7, 11) is 0. The molecule has 70 valence electrons. The van der Waals surface area contributed by atoms with Crippen molar-refractivity contribution in [1.29, 1.82) is 0 Å². The van der Waals surface area contributed by atoms with E-state index in [4.69, 9.17) is 17.3 Å². The highest BCUT2D eigenvalue weighted by atomic mass is 35.5. The van der Waals surface area contributed by atoms with Crippen LogP contribution in [0.15, 0.2) is 29.3 Å². The lowest BCUT2D eigenvalue weighted by Crippen LogP contribution is -2.09. The largest absolute Gasteiger partial charge is 0.387 e. The summed E-state index contributed by atoms with van der Waals surface area (Å²) in [6.07, 6.45) is 0.782. The molecule has 2 nitrogen and oxygen atoms in total. The van der Waals surface area contributed by atoms with E-state index in [2.05, 4.69) is 4.99 Å². The maximum absolute atomic E-state index is 5.94. The molecule has 0 aliphatic carbocycles. The zero-order chi connectivity index (χ0) is 9.68. The van der Waals surface area contributed by atoms with Gasteiger partial charge in [-0.05, 0) is 11.6 Å². The molecule has 1 aromatic carbocycles. The van der Waals surface area contributed by atoms with E-state index >= 15 is 0 Å². The van der Waals surface area contributed by atoms with Crippen molar-refractivity contribution < 1.29 is 0 Å². The van der Waals surface area contributed by atoms with Crippen molar-refractivity contribution in [2.24, 2.45) is 10.7 Å². The summed E-state index contributed by atoms with van der Waals surface area (Å²) >= 11 is 5.94. The number of nitrogens with two attached hydrogens (primary N) is 1. The number of aliphatic imine (C=N–C) groups is 1. The molecular weight excluding hydrogens is 184 g/mol. The summed E-state index contributed by atoms with van der Waals surface area (Å²) in [6, 6.07) is 7.65. The van der Waals surface area contributed by atoms with Gasteiger partial charge < -0.3 is 5.73 Å². The van der Waals surface area contributed by atoms with Gasteiger partial charge in [-0.3, -0.25) is 4.99 Å². The first-order valence-corrected chi connectivity index (χ1v) is 4.64. The van der Waals surface area contributed by atoms with E-state index in [0.29, 0.717) is 12.4 Å². The molecule has 0 aliphatic rings. The number of hydrogen-bond acceptors (Lipinski definition) is 1. The molecule has 0 saturated carbocycles. The smallest absolute Gasteiger partial charge is 0.0938 e. The fourth-order valence-corrected chi connectivity index (χ4v) is 1.12. The lowest BCUT2D eigenvalue weighted by Gasteiger charge is -2.00. The van der Waals surface area contributed by atoms with Crippen LogP contribution >= 0.6 is 11.6 Å². The number of nitrogens with zero attached hydrogens (tertiary/aromatic N) is 1. The van der Waals surface area contributed by atoms with Crippen LogP contribution in [0.5, 0.6) is 0 Å². The van der Waals surface area contributed by atoms with Crippen molar-refractivity contribution in [3.05, 3.63) is 34.9 Å². The Hall–Kier alpha value is -1.02. The molecule has 0 aromatic heterocycles. The lowest BCUT2D eigenvalue weighted by atomic mass is 10.2. The minimum Gasteiger partial charge on any atom is -0.387 e. The topological polar surface area (TPSA) is 38.4 Å². The zero-order valence-corrected chi connectivity index (χ0v) is 8.38. The van der Waals surface area contributed by atoms with Gasteiger partial charge >= 0.3 is 0 Å². The van der Waals surface area contributed by atoms with E-state index in [1.54, 1.807) is 0 Å². The lowest BCUT2D eigenvalue weighted by molar-refractivity contribution is 1.04. The van der Waals surface area contributed by atoms with Gasteiger partial charge in [0.15, 0.2) is 0 Å². The summed E-state index contributed by atoms with van der Waals surface area (Å²) in [4.78, 5) is 4.18. The Bertz CT molecular complexity index is 308. The monoisotopic (exact) mass is 196 g/mol. The summed E-state index contributed by atoms with van der Waals surface area (Å²) in [5, 5.41) is 0.746. The quantitative estimate of drug-likeness (QED) is 0.586. The molecule has 0 bridgehead atoms. The summed E-state index contributed by atoms with van der Waals surface area (Å²) in [5.74, 6) is 0.667. The van der Waals surface area contributed by atoms with Crippen LogP contribution in [0.2, 0.25) is 5.02 Å². The fourth-order valence-electron chi connectivity index (χ4n) is 0.925. The van der Waals surface area contributed by atoms with Gasteiger partial charge in [0.05, 0.1) is 12.4 Å². The third-order valence-electron chi connectivity index (χ3n) is 1.77. The molecule has 3 heteroatoms. The number of amidine groups is 1. The van der Waals surface area contributed by atoms with Crippen molar-refractivity contribution in [3.63, 3.8) is 0 Å². The second-order valence-electron chi connectivity index (χ2n) is 2.75. The molecule has 0 unspecified atom stereocenters. The van der Waals surface area contributed by atoms with Gasteiger partial charge in [-0.1, -0.05) is 36.7 Å². The van der Waals surface area contributed by atoms with Crippen LogP contribution < -0.4 is 5.73 Å². The molecule has 0 atom stereocenters. The Balaban J connectivity index is 2.70. The molecule has 13 heavy (non-hydrogen) atoms. The van der Waals surface area contributed by atoms with E-state index in [-0.39, 0.29) is 0 Å². The van der Waals surface area contributed by atoms with Gasteiger partial charge in [-0.25, -0.2) is 0 Å². The second kappa shape index (κ2) is 4.87. The Labute approximate surface area is 83.4 Å². The number of hydrogen-bond donors (Lipinski definition) is 1. The van der Waals surface area contributed by atoms with Crippen molar-refractivity contribution in [3.8, 4) is 0 Å². The normalized spacial score (nSPS) is 11.7. The molecule has 0 fully saturated rings. The summed E-state index contributed by atoms with van der Waals surface area (Å²) in [5.41, 5.74) is 6.59. The van der Waals surface area contributed by atoms with Crippen molar-refractivity contribution >= 4 is 17.4 Å². The van der Waals surface area contributed by atoms with Gasteiger partial charge in [0, 0.05) is 11.4 Å². The maximum Gasteiger partial charge on any atom is 0.0938 e. The Morgan fingerprint density at radius 2 is 2.15 bits per heavy atom. The third-order valence-corrected chi connectivity index (χ3v) is 2.14. The first-order valence-electron chi connectivity index (χ1n) is 4.26. The highest BCUT2D eigenvalue weighted by Crippen LogP contribution is 2.15. The summed E-state index contributed by atoms with van der Waals surface area (Å²) in [6.45, 7) is 2.55. The fraction of sp³-hybridized carbons (Fsp3) is 0.300. The van der Waals surface area contributed by atoms with Crippen molar-refractivity contribution in [2.45, 2.75) is 19.9 Å². The Kier molecular flexibility index (Phi) is 3.77. The van der Waals surface area contributed by atoms with Crippen LogP contribution in [0, 0.1) is 0 Å². The van der Waals surface area contributed by atoms with E-state index in [0.717, 1.165) is 17.0 Å². The maximum atomic E-state index is 5.94. The minimum absolute atomic E-state index is 0.569. The molecular formula is C10H13ClN2. The predicted octanol–water partition coefficient (Wildman–Crippen LogP) is 2.61. The Morgan fingerprint density at radius 3 is 2.77 bits per heavy atom. The van der Waals surface area contributed by atoms with Crippen LogP contribution in [-0.2, 0) is 6.54 Å². The van der Waals surface area contributed by atoms with Crippen molar-refractivity contribution in [2.75, 3.05) is 0 Å². The van der Waals surface area contributed by atoms with Crippen LogP contribution in [0.4, 0.5) is 0 Å². The second-order valence-corrected chi connectivity index (χ2v) is 3.16. The highest BCUT2D eigenvalue weighted by molar-refractivity contribution is 6.31. The predicted molar refractivity (Wildman–Crippen MR) is 57.1 cm³/mol. The molecule has 0 heterocycles. The first kappa shape index (κ1) is 10.1. The average molecular weight is 197 g/mol. The zero-order valence-electron chi connectivity index (χ0n) is 7.63. The van der Waals surface area contributed by atoms with Gasteiger partial charge in [0.1, 0.15) is 0 Å².